The maximum atomic E-state index is 12.4. The summed E-state index contributed by atoms with van der Waals surface area (Å²) in [6.45, 7) is 3.50. The predicted molar refractivity (Wildman–Crippen MR) is 138 cm³/mol. The first-order valence-electron chi connectivity index (χ1n) is 11.8. The molecule has 11 heteroatoms. The Morgan fingerprint density at radius 3 is 2.21 bits per heavy atom. The maximum Gasteiger partial charge on any atom is 0.573 e. The number of carbonyl (C=O) groups is 1. The molecule has 0 spiro atoms. The second-order valence-electron chi connectivity index (χ2n) is 8.37. The highest BCUT2D eigenvalue weighted by Crippen LogP contribution is 2.41. The third-order valence-corrected chi connectivity index (χ3v) is 5.85. The Morgan fingerprint density at radius 1 is 1.00 bits per heavy atom. The average molecular weight is 562 g/mol. The minimum absolute atomic E-state index is 0.181. The van der Waals surface area contributed by atoms with Crippen LogP contribution in [0.4, 0.5) is 18.0 Å². The molecule has 0 aliphatic rings. The van der Waals surface area contributed by atoms with Gasteiger partial charge in [0.2, 0.25) is 0 Å². The molecule has 7 nitrogen and oxygen atoms in total. The predicted octanol–water partition coefficient (Wildman–Crippen LogP) is 7.97. The van der Waals surface area contributed by atoms with Gasteiger partial charge < -0.3 is 24.1 Å². The fourth-order valence-electron chi connectivity index (χ4n) is 3.82. The topological polar surface area (TPSA) is 87.1 Å². The zero-order valence-electron chi connectivity index (χ0n) is 20.8. The van der Waals surface area contributed by atoms with E-state index >= 15 is 0 Å². The van der Waals surface area contributed by atoms with Gasteiger partial charge >= 0.3 is 12.5 Å². The summed E-state index contributed by atoms with van der Waals surface area (Å²) < 4.78 is 57.5. The highest BCUT2D eigenvalue weighted by Gasteiger charge is 2.31. The lowest BCUT2D eigenvalue weighted by molar-refractivity contribution is -0.274. The number of aliphatic hydroxyl groups excluding tert-OH is 1. The van der Waals surface area contributed by atoms with Crippen LogP contribution in [0.5, 0.6) is 23.0 Å². The molecule has 0 aliphatic carbocycles. The van der Waals surface area contributed by atoms with Crippen molar-refractivity contribution >= 4 is 28.7 Å². The Bertz CT molecular complexity index is 1470. The molecule has 0 amide bonds. The van der Waals surface area contributed by atoms with E-state index in [1.807, 2.05) is 6.92 Å². The van der Waals surface area contributed by atoms with E-state index in [0.29, 0.717) is 51.2 Å². The van der Waals surface area contributed by atoms with E-state index in [1.165, 1.54) is 12.1 Å². The number of aromatic nitrogens is 1. The van der Waals surface area contributed by atoms with Crippen LogP contribution in [0.1, 0.15) is 24.6 Å². The molecule has 3 aromatic carbocycles. The summed E-state index contributed by atoms with van der Waals surface area (Å²) in [4.78, 5) is 17.1. The van der Waals surface area contributed by atoms with Crippen LogP contribution >= 0.6 is 11.6 Å². The van der Waals surface area contributed by atoms with E-state index in [-0.39, 0.29) is 29.7 Å². The SMILES string of the molecule is CCCOC(=O)Oc1c(-c2ccc(Oc3ccc(OC(F)(F)F)cc3)cc2)c(C)nc2cc(CO)c(Cl)cc12. The number of aryl methyl sites for hydroxylation is 1. The lowest BCUT2D eigenvalue weighted by Crippen LogP contribution is -2.16. The van der Waals surface area contributed by atoms with Crippen LogP contribution in [0.15, 0.2) is 60.7 Å². The van der Waals surface area contributed by atoms with Crippen molar-refractivity contribution in [2.45, 2.75) is 33.2 Å². The number of carbonyl (C=O) groups excluding carboxylic acids is 1. The van der Waals surface area contributed by atoms with Gasteiger partial charge in [-0.1, -0.05) is 30.7 Å². The zero-order chi connectivity index (χ0) is 28.2. The van der Waals surface area contributed by atoms with Gasteiger partial charge in [-0.15, -0.1) is 13.2 Å². The first kappa shape index (κ1) is 28.0. The second-order valence-corrected chi connectivity index (χ2v) is 8.77. The third kappa shape index (κ3) is 6.90. The molecule has 39 heavy (non-hydrogen) atoms. The molecular formula is C28H23ClF3NO6. The molecule has 204 valence electrons. The van der Waals surface area contributed by atoms with Gasteiger partial charge in [0.05, 0.1) is 18.7 Å². The number of rotatable bonds is 8. The molecule has 0 saturated carbocycles. The van der Waals surface area contributed by atoms with E-state index in [4.69, 9.17) is 25.8 Å². The number of pyridine rings is 1. The van der Waals surface area contributed by atoms with E-state index in [1.54, 1.807) is 43.3 Å². The summed E-state index contributed by atoms with van der Waals surface area (Å²) in [5, 5.41) is 10.3. The molecule has 0 bridgehead atoms. The van der Waals surface area contributed by atoms with Crippen molar-refractivity contribution in [3.8, 4) is 34.1 Å². The van der Waals surface area contributed by atoms with Gasteiger partial charge in [-0.05, 0) is 73.0 Å². The number of hydrogen-bond acceptors (Lipinski definition) is 7. The Kier molecular flexibility index (Phi) is 8.47. The van der Waals surface area contributed by atoms with Crippen LogP contribution in [-0.2, 0) is 11.3 Å². The number of fused-ring (bicyclic) bond motifs is 1. The van der Waals surface area contributed by atoms with Gasteiger partial charge in [-0.3, -0.25) is 4.98 Å². The van der Waals surface area contributed by atoms with E-state index in [9.17, 15) is 23.1 Å². The highest BCUT2D eigenvalue weighted by molar-refractivity contribution is 6.32. The van der Waals surface area contributed by atoms with Crippen LogP contribution in [0, 0.1) is 6.92 Å². The van der Waals surface area contributed by atoms with Gasteiger partial charge in [-0.25, -0.2) is 4.79 Å². The van der Waals surface area contributed by atoms with Gasteiger partial charge in [-0.2, -0.15) is 0 Å². The van der Waals surface area contributed by atoms with E-state index < -0.39 is 12.5 Å². The number of aliphatic hydroxyl groups is 1. The summed E-state index contributed by atoms with van der Waals surface area (Å²) in [5.74, 6) is 0.549. The Balaban J connectivity index is 1.68. The minimum Gasteiger partial charge on any atom is -0.457 e. The molecule has 0 aliphatic heterocycles. The summed E-state index contributed by atoms with van der Waals surface area (Å²) in [5.41, 5.74) is 2.65. The number of ether oxygens (including phenoxy) is 4. The smallest absolute Gasteiger partial charge is 0.457 e. The van der Waals surface area contributed by atoms with Crippen molar-refractivity contribution in [1.29, 1.82) is 0 Å². The standard InChI is InChI=1S/C28H23ClF3NO6/c1-3-12-36-27(35)38-26-22-14-23(29)18(15-34)13-24(22)33-16(2)25(26)17-4-6-19(7-5-17)37-20-8-10-21(11-9-20)39-28(30,31)32/h4-11,13-14,34H,3,12,15H2,1-2H3. The molecule has 1 heterocycles. The molecule has 0 atom stereocenters. The zero-order valence-corrected chi connectivity index (χ0v) is 21.6. The quantitative estimate of drug-likeness (QED) is 0.218. The molecule has 4 aromatic rings. The monoisotopic (exact) mass is 561 g/mol. The molecule has 4 rings (SSSR count). The number of halogens is 4. The normalized spacial score (nSPS) is 11.4. The minimum atomic E-state index is -4.78. The largest absolute Gasteiger partial charge is 0.573 e. The molecule has 0 saturated heterocycles. The van der Waals surface area contributed by atoms with Crippen molar-refractivity contribution < 1.29 is 42.0 Å². The fourth-order valence-corrected chi connectivity index (χ4v) is 4.04. The summed E-state index contributed by atoms with van der Waals surface area (Å²) in [6.07, 6.45) is -5.05. The van der Waals surface area contributed by atoms with Crippen molar-refractivity contribution in [2.24, 2.45) is 0 Å². The van der Waals surface area contributed by atoms with Crippen molar-refractivity contribution in [1.82, 2.24) is 4.98 Å². The van der Waals surface area contributed by atoms with Crippen LogP contribution in [-0.4, -0.2) is 29.2 Å². The van der Waals surface area contributed by atoms with Crippen LogP contribution in [0.3, 0.4) is 0 Å². The third-order valence-electron chi connectivity index (χ3n) is 5.50. The van der Waals surface area contributed by atoms with E-state index in [2.05, 4.69) is 9.72 Å². The lowest BCUT2D eigenvalue weighted by Gasteiger charge is -2.17. The molecule has 1 N–H and O–H groups in total. The van der Waals surface area contributed by atoms with E-state index in [0.717, 1.165) is 12.1 Å². The van der Waals surface area contributed by atoms with Crippen molar-refractivity contribution in [3.05, 3.63) is 76.9 Å². The van der Waals surface area contributed by atoms with Gasteiger partial charge in [0.25, 0.3) is 0 Å². The first-order valence-corrected chi connectivity index (χ1v) is 12.2. The molecule has 0 fully saturated rings. The number of benzene rings is 3. The summed E-state index contributed by atoms with van der Waals surface area (Å²) in [7, 11) is 0. The first-order chi connectivity index (χ1) is 18.6. The summed E-state index contributed by atoms with van der Waals surface area (Å²) >= 11 is 6.33. The van der Waals surface area contributed by atoms with Crippen molar-refractivity contribution in [2.75, 3.05) is 6.61 Å². The highest BCUT2D eigenvalue weighted by atomic mass is 35.5. The number of nitrogens with zero attached hydrogens (tertiary/aromatic N) is 1. The number of alkyl halides is 3. The average Bonchev–Trinajstić information content (AvgIpc) is 2.88. The Labute approximate surface area is 226 Å². The Morgan fingerprint density at radius 2 is 1.62 bits per heavy atom. The van der Waals surface area contributed by atoms with Gasteiger partial charge in [0.1, 0.15) is 17.2 Å². The van der Waals surface area contributed by atoms with Crippen LogP contribution in [0.25, 0.3) is 22.0 Å². The van der Waals surface area contributed by atoms with Gasteiger partial charge in [0, 0.05) is 21.7 Å². The lowest BCUT2D eigenvalue weighted by atomic mass is 9.99. The Hall–Kier alpha value is -4.02. The van der Waals surface area contributed by atoms with Crippen molar-refractivity contribution in [3.63, 3.8) is 0 Å². The molecular weight excluding hydrogens is 539 g/mol. The number of hydrogen-bond donors (Lipinski definition) is 1. The maximum absolute atomic E-state index is 12.4. The van der Waals surface area contributed by atoms with Crippen LogP contribution < -0.4 is 14.2 Å². The fraction of sp³-hybridized carbons (Fsp3) is 0.214. The summed E-state index contributed by atoms with van der Waals surface area (Å²) in [6, 6.07) is 15.0. The molecule has 1 aromatic heterocycles. The van der Waals surface area contributed by atoms with Crippen LogP contribution in [0.2, 0.25) is 5.02 Å². The van der Waals surface area contributed by atoms with Gasteiger partial charge in [0.15, 0.2) is 5.75 Å². The molecule has 0 radical (unpaired) electrons. The molecule has 0 unspecified atom stereocenters. The second kappa shape index (κ2) is 11.8.